The first kappa shape index (κ1) is 8.04. The quantitative estimate of drug-likeness (QED) is 0.473. The van der Waals surface area contributed by atoms with Gasteiger partial charge >= 0.3 is 0 Å². The Bertz CT molecular complexity index is 124. The molecule has 1 rings (SSSR count). The minimum atomic E-state index is -0.157. The standard InChI is InChI=1S/C4H3NO.C2H6O/c6-4-2-1-3-5-4;1-3-2/h1-3H;1-2H3. The third-order valence-electron chi connectivity index (χ3n) is 0.527. The van der Waals surface area contributed by atoms with Crippen molar-refractivity contribution in [3.63, 3.8) is 0 Å². The third kappa shape index (κ3) is 4.90. The summed E-state index contributed by atoms with van der Waals surface area (Å²) < 4.78 is 4.25. The number of hydrogen-bond acceptors (Lipinski definition) is 2. The van der Waals surface area contributed by atoms with Gasteiger partial charge in [-0.15, -0.1) is 0 Å². The topological polar surface area (TPSA) is 38.7 Å². The van der Waals surface area contributed by atoms with Crippen LogP contribution in [0.2, 0.25) is 0 Å². The molecule has 3 nitrogen and oxygen atoms in total. The van der Waals surface area contributed by atoms with Crippen molar-refractivity contribution in [2.75, 3.05) is 14.2 Å². The molecule has 1 amide bonds. The molecule has 1 aliphatic heterocycles. The largest absolute Gasteiger partial charge is 0.388 e. The van der Waals surface area contributed by atoms with E-state index in [1.54, 1.807) is 20.3 Å². The van der Waals surface area contributed by atoms with Crippen molar-refractivity contribution in [3.8, 4) is 0 Å². The summed E-state index contributed by atoms with van der Waals surface area (Å²) >= 11 is 0. The van der Waals surface area contributed by atoms with Crippen LogP contribution in [-0.4, -0.2) is 26.3 Å². The molecular formula is C6H9NO2. The molecule has 1 aliphatic rings. The van der Waals surface area contributed by atoms with Crippen molar-refractivity contribution in [2.24, 2.45) is 4.99 Å². The molecule has 3 heteroatoms. The Morgan fingerprint density at radius 3 is 2.22 bits per heavy atom. The maximum absolute atomic E-state index is 9.96. The second kappa shape index (κ2) is 5.18. The average Bonchev–Trinajstić information content (AvgIpc) is 2.20. The summed E-state index contributed by atoms with van der Waals surface area (Å²) in [6.45, 7) is 0. The van der Waals surface area contributed by atoms with Crippen molar-refractivity contribution in [1.29, 1.82) is 0 Å². The van der Waals surface area contributed by atoms with Gasteiger partial charge in [-0.2, -0.15) is 0 Å². The second-order valence-electron chi connectivity index (χ2n) is 1.38. The van der Waals surface area contributed by atoms with Gasteiger partial charge in [0.2, 0.25) is 0 Å². The third-order valence-corrected chi connectivity index (χ3v) is 0.527. The van der Waals surface area contributed by atoms with Crippen LogP contribution in [0.3, 0.4) is 0 Å². The van der Waals surface area contributed by atoms with Crippen LogP contribution in [-0.2, 0) is 9.53 Å². The average molecular weight is 127 g/mol. The van der Waals surface area contributed by atoms with Crippen LogP contribution in [0.15, 0.2) is 17.1 Å². The number of rotatable bonds is 0. The summed E-state index contributed by atoms with van der Waals surface area (Å²) in [5.74, 6) is -0.157. The maximum Gasteiger partial charge on any atom is 0.269 e. The van der Waals surface area contributed by atoms with Crippen LogP contribution in [0.5, 0.6) is 0 Å². The van der Waals surface area contributed by atoms with Gasteiger partial charge in [0.25, 0.3) is 5.91 Å². The van der Waals surface area contributed by atoms with Crippen molar-refractivity contribution in [2.45, 2.75) is 0 Å². The Balaban J connectivity index is 0.000000187. The highest BCUT2D eigenvalue weighted by molar-refractivity contribution is 6.03. The van der Waals surface area contributed by atoms with Gasteiger partial charge in [0.05, 0.1) is 0 Å². The predicted octanol–water partition coefficient (Wildman–Crippen LogP) is 0.416. The van der Waals surface area contributed by atoms with Crippen LogP contribution in [0.1, 0.15) is 0 Å². The Labute approximate surface area is 54.0 Å². The van der Waals surface area contributed by atoms with E-state index in [1.807, 2.05) is 0 Å². The van der Waals surface area contributed by atoms with Gasteiger partial charge in [0.1, 0.15) is 0 Å². The summed E-state index contributed by atoms with van der Waals surface area (Å²) in [5.41, 5.74) is 0. The maximum atomic E-state index is 9.96. The first-order chi connectivity index (χ1) is 4.31. The Kier molecular flexibility index (Phi) is 4.63. The lowest BCUT2D eigenvalue weighted by Gasteiger charge is -1.62. The molecule has 0 unspecified atom stereocenters. The summed E-state index contributed by atoms with van der Waals surface area (Å²) in [4.78, 5) is 13.3. The monoisotopic (exact) mass is 127 g/mol. The number of carbonyl (C=O) groups excluding carboxylic acids is 1. The molecule has 0 aliphatic carbocycles. The summed E-state index contributed by atoms with van der Waals surface area (Å²) in [5, 5.41) is 0. The smallest absolute Gasteiger partial charge is 0.269 e. The Morgan fingerprint density at radius 1 is 1.56 bits per heavy atom. The molecule has 0 saturated carbocycles. The minimum Gasteiger partial charge on any atom is -0.388 e. The Hall–Kier alpha value is -0.960. The van der Waals surface area contributed by atoms with Crippen LogP contribution < -0.4 is 0 Å². The van der Waals surface area contributed by atoms with E-state index in [1.165, 1.54) is 12.3 Å². The van der Waals surface area contributed by atoms with Gasteiger partial charge in [0, 0.05) is 26.5 Å². The highest BCUT2D eigenvalue weighted by Crippen LogP contribution is 1.83. The fraction of sp³-hybridized carbons (Fsp3) is 0.333. The van der Waals surface area contributed by atoms with Crippen LogP contribution >= 0.6 is 0 Å². The first-order valence-corrected chi connectivity index (χ1v) is 2.46. The lowest BCUT2D eigenvalue weighted by atomic mass is 10.6. The molecule has 0 spiro atoms. The Morgan fingerprint density at radius 2 is 2.11 bits per heavy atom. The van der Waals surface area contributed by atoms with Gasteiger partial charge in [-0.1, -0.05) is 0 Å². The summed E-state index contributed by atoms with van der Waals surface area (Å²) in [6.07, 6.45) is 4.50. The highest BCUT2D eigenvalue weighted by atomic mass is 16.4. The fourth-order valence-corrected chi connectivity index (χ4v) is 0.285. The zero-order valence-electron chi connectivity index (χ0n) is 5.50. The highest BCUT2D eigenvalue weighted by Gasteiger charge is 1.90. The molecule has 0 saturated heterocycles. The molecule has 0 radical (unpaired) electrons. The van der Waals surface area contributed by atoms with Crippen LogP contribution in [0.4, 0.5) is 0 Å². The zero-order chi connectivity index (χ0) is 7.11. The van der Waals surface area contributed by atoms with E-state index < -0.39 is 0 Å². The number of nitrogens with zero attached hydrogens (tertiary/aromatic N) is 1. The van der Waals surface area contributed by atoms with E-state index in [-0.39, 0.29) is 5.91 Å². The lowest BCUT2D eigenvalue weighted by molar-refractivity contribution is -0.113. The second-order valence-corrected chi connectivity index (χ2v) is 1.38. The zero-order valence-corrected chi connectivity index (χ0v) is 5.50. The molecule has 9 heavy (non-hydrogen) atoms. The molecule has 0 aromatic carbocycles. The molecule has 0 atom stereocenters. The molecule has 0 aromatic rings. The number of amides is 1. The number of allylic oxidation sites excluding steroid dienone is 1. The molecule has 0 N–H and O–H groups in total. The number of ether oxygens (including phenoxy) is 1. The first-order valence-electron chi connectivity index (χ1n) is 2.46. The van der Waals surface area contributed by atoms with Crippen LogP contribution in [0, 0.1) is 0 Å². The summed E-state index contributed by atoms with van der Waals surface area (Å²) in [6, 6.07) is 0. The molecule has 0 fully saturated rings. The van der Waals surface area contributed by atoms with Gasteiger partial charge in [-0.3, -0.25) is 4.79 Å². The van der Waals surface area contributed by atoms with Gasteiger partial charge in [-0.05, 0) is 6.08 Å². The van der Waals surface area contributed by atoms with E-state index in [2.05, 4.69) is 9.73 Å². The van der Waals surface area contributed by atoms with Crippen molar-refractivity contribution >= 4 is 12.1 Å². The van der Waals surface area contributed by atoms with E-state index in [0.717, 1.165) is 0 Å². The number of aliphatic imine (C=N–C) groups is 1. The molecule has 0 bridgehead atoms. The van der Waals surface area contributed by atoms with Crippen LogP contribution in [0.25, 0.3) is 0 Å². The van der Waals surface area contributed by atoms with E-state index in [0.29, 0.717) is 0 Å². The SMILES string of the molecule is COC.O=C1C=CC=N1. The number of carbonyl (C=O) groups is 1. The molecular weight excluding hydrogens is 118 g/mol. The van der Waals surface area contributed by atoms with E-state index >= 15 is 0 Å². The molecule has 0 aromatic heterocycles. The van der Waals surface area contributed by atoms with E-state index in [4.69, 9.17) is 0 Å². The summed E-state index contributed by atoms with van der Waals surface area (Å²) in [7, 11) is 3.25. The van der Waals surface area contributed by atoms with E-state index in [9.17, 15) is 4.79 Å². The minimum absolute atomic E-state index is 0.157. The number of methoxy groups -OCH3 is 1. The number of hydrogen-bond donors (Lipinski definition) is 0. The molecule has 50 valence electrons. The lowest BCUT2D eigenvalue weighted by Crippen LogP contribution is -1.75. The van der Waals surface area contributed by atoms with Crippen molar-refractivity contribution < 1.29 is 9.53 Å². The van der Waals surface area contributed by atoms with Crippen molar-refractivity contribution in [1.82, 2.24) is 0 Å². The van der Waals surface area contributed by atoms with Gasteiger partial charge in [-0.25, -0.2) is 4.99 Å². The fourth-order valence-electron chi connectivity index (χ4n) is 0.285. The van der Waals surface area contributed by atoms with Gasteiger partial charge < -0.3 is 4.74 Å². The molecule has 1 heterocycles. The van der Waals surface area contributed by atoms with Crippen molar-refractivity contribution in [3.05, 3.63) is 12.2 Å². The van der Waals surface area contributed by atoms with Gasteiger partial charge in [0.15, 0.2) is 0 Å². The predicted molar refractivity (Wildman–Crippen MR) is 35.6 cm³/mol. The normalized spacial score (nSPS) is 13.3.